The molecule has 0 saturated carbocycles. The Hall–Kier alpha value is -2.55. The highest BCUT2D eigenvalue weighted by Gasteiger charge is 2.00. The van der Waals surface area contributed by atoms with Crippen LogP contribution >= 0.6 is 0 Å². The van der Waals surface area contributed by atoms with Gasteiger partial charge in [-0.2, -0.15) is 0 Å². The topological polar surface area (TPSA) is 61.9 Å². The maximum Gasteiger partial charge on any atom is 0.122 e. The average molecular weight is 265 g/mol. The van der Waals surface area contributed by atoms with Crippen molar-refractivity contribution in [3.8, 4) is 0 Å². The van der Waals surface area contributed by atoms with Gasteiger partial charge >= 0.3 is 0 Å². The van der Waals surface area contributed by atoms with Crippen LogP contribution in [0.25, 0.3) is 5.70 Å². The van der Waals surface area contributed by atoms with Crippen molar-refractivity contribution in [2.75, 3.05) is 0 Å². The van der Waals surface area contributed by atoms with E-state index in [1.165, 1.54) is 5.56 Å². The Bertz CT molecular complexity index is 610. The maximum atomic E-state index is 7.35. The SMILES string of the molecule is C=C(NCc1ccc(C(=N)N)cc1)c1ccc(C)cc1. The molecule has 4 N–H and O–H groups in total. The van der Waals surface area contributed by atoms with Crippen molar-refractivity contribution < 1.29 is 0 Å². The Morgan fingerprint density at radius 3 is 2.15 bits per heavy atom. The van der Waals surface area contributed by atoms with E-state index in [4.69, 9.17) is 11.1 Å². The van der Waals surface area contributed by atoms with Gasteiger partial charge in [-0.1, -0.05) is 60.7 Å². The normalized spacial score (nSPS) is 10.1. The molecule has 2 aromatic carbocycles. The molecule has 3 heteroatoms. The molecule has 0 saturated heterocycles. The number of hydrogen-bond acceptors (Lipinski definition) is 2. The molecule has 0 aromatic heterocycles. The zero-order valence-corrected chi connectivity index (χ0v) is 11.6. The van der Waals surface area contributed by atoms with Crippen LogP contribution in [0, 0.1) is 12.3 Å². The number of hydrogen-bond donors (Lipinski definition) is 3. The smallest absolute Gasteiger partial charge is 0.122 e. The fourth-order valence-electron chi connectivity index (χ4n) is 1.87. The van der Waals surface area contributed by atoms with E-state index >= 15 is 0 Å². The van der Waals surface area contributed by atoms with Gasteiger partial charge in [0.15, 0.2) is 0 Å². The van der Waals surface area contributed by atoms with Crippen molar-refractivity contribution >= 4 is 11.5 Å². The van der Waals surface area contributed by atoms with E-state index < -0.39 is 0 Å². The highest BCUT2D eigenvalue weighted by Crippen LogP contribution is 2.12. The fourth-order valence-corrected chi connectivity index (χ4v) is 1.87. The van der Waals surface area contributed by atoms with Crippen LogP contribution in [0.15, 0.2) is 55.1 Å². The molecule has 0 bridgehead atoms. The molecule has 0 radical (unpaired) electrons. The predicted molar refractivity (Wildman–Crippen MR) is 84.5 cm³/mol. The van der Waals surface area contributed by atoms with E-state index in [2.05, 4.69) is 43.1 Å². The van der Waals surface area contributed by atoms with Gasteiger partial charge in [0.25, 0.3) is 0 Å². The summed E-state index contributed by atoms with van der Waals surface area (Å²) in [6.45, 7) is 6.82. The summed E-state index contributed by atoms with van der Waals surface area (Å²) < 4.78 is 0. The van der Waals surface area contributed by atoms with E-state index in [0.717, 1.165) is 22.4 Å². The fraction of sp³-hybridized carbons (Fsp3) is 0.118. The summed E-state index contributed by atoms with van der Waals surface area (Å²) in [6.07, 6.45) is 0. The molecule has 0 aliphatic rings. The van der Waals surface area contributed by atoms with Crippen molar-refractivity contribution in [1.82, 2.24) is 5.32 Å². The minimum atomic E-state index is 0.0913. The zero-order chi connectivity index (χ0) is 14.5. The molecule has 0 heterocycles. The first-order valence-electron chi connectivity index (χ1n) is 6.49. The molecule has 0 aliphatic heterocycles. The van der Waals surface area contributed by atoms with Crippen molar-refractivity contribution in [1.29, 1.82) is 5.41 Å². The number of rotatable bonds is 5. The summed E-state index contributed by atoms with van der Waals surface area (Å²) >= 11 is 0. The number of nitrogens with one attached hydrogen (secondary N) is 2. The van der Waals surface area contributed by atoms with E-state index in [1.54, 1.807) is 0 Å². The van der Waals surface area contributed by atoms with Gasteiger partial charge in [0.05, 0.1) is 0 Å². The van der Waals surface area contributed by atoms with E-state index in [0.29, 0.717) is 6.54 Å². The number of amidine groups is 1. The third-order valence-electron chi connectivity index (χ3n) is 3.17. The van der Waals surface area contributed by atoms with Crippen molar-refractivity contribution in [3.05, 3.63) is 77.4 Å². The van der Waals surface area contributed by atoms with E-state index in [-0.39, 0.29) is 5.84 Å². The highest BCUT2D eigenvalue weighted by atomic mass is 14.9. The lowest BCUT2D eigenvalue weighted by atomic mass is 10.1. The first-order chi connectivity index (χ1) is 9.56. The molecule has 20 heavy (non-hydrogen) atoms. The van der Waals surface area contributed by atoms with Crippen LogP contribution in [-0.2, 0) is 6.54 Å². The Morgan fingerprint density at radius 2 is 1.60 bits per heavy atom. The minimum absolute atomic E-state index is 0.0913. The van der Waals surface area contributed by atoms with Crippen LogP contribution in [-0.4, -0.2) is 5.84 Å². The summed E-state index contributed by atoms with van der Waals surface area (Å²) in [5.41, 5.74) is 10.5. The number of nitrogen functional groups attached to an aromatic ring is 1. The molecular formula is C17H19N3. The molecule has 0 aliphatic carbocycles. The average Bonchev–Trinajstić information content (AvgIpc) is 2.46. The molecular weight excluding hydrogens is 246 g/mol. The standard InChI is InChI=1S/C17H19N3/c1-12-3-7-15(8-4-12)13(2)20-11-14-5-9-16(10-6-14)17(18)19/h3-10,20H,2,11H2,1H3,(H3,18,19). The monoisotopic (exact) mass is 265 g/mol. The third kappa shape index (κ3) is 3.48. The van der Waals surface area contributed by atoms with Crippen LogP contribution < -0.4 is 11.1 Å². The van der Waals surface area contributed by atoms with E-state index in [1.807, 2.05) is 24.3 Å². The predicted octanol–water partition coefficient (Wildman–Crippen LogP) is 3.04. The summed E-state index contributed by atoms with van der Waals surface area (Å²) in [7, 11) is 0. The van der Waals surface area contributed by atoms with Crippen LogP contribution in [0.1, 0.15) is 22.3 Å². The summed E-state index contributed by atoms with van der Waals surface area (Å²) in [6, 6.07) is 15.9. The van der Waals surface area contributed by atoms with Gasteiger partial charge in [0.2, 0.25) is 0 Å². The zero-order valence-electron chi connectivity index (χ0n) is 11.6. The Kier molecular flexibility index (Phi) is 4.20. The quantitative estimate of drug-likeness (QED) is 0.575. The van der Waals surface area contributed by atoms with Crippen LogP contribution in [0.4, 0.5) is 0 Å². The summed E-state index contributed by atoms with van der Waals surface area (Å²) in [5, 5.41) is 10.7. The number of nitrogens with two attached hydrogens (primary N) is 1. The maximum absolute atomic E-state index is 7.35. The van der Waals surface area contributed by atoms with Gasteiger partial charge in [-0.3, -0.25) is 5.41 Å². The molecule has 3 nitrogen and oxygen atoms in total. The highest BCUT2D eigenvalue weighted by molar-refractivity contribution is 5.94. The van der Waals surface area contributed by atoms with Crippen molar-refractivity contribution in [2.24, 2.45) is 5.73 Å². The van der Waals surface area contributed by atoms with E-state index in [9.17, 15) is 0 Å². The van der Waals surface area contributed by atoms with Crippen LogP contribution in [0.2, 0.25) is 0 Å². The summed E-state index contributed by atoms with van der Waals surface area (Å²) in [4.78, 5) is 0. The summed E-state index contributed by atoms with van der Waals surface area (Å²) in [5.74, 6) is 0.0913. The molecule has 0 atom stereocenters. The van der Waals surface area contributed by atoms with Crippen molar-refractivity contribution in [3.63, 3.8) is 0 Å². The van der Waals surface area contributed by atoms with Gasteiger partial charge in [0, 0.05) is 17.8 Å². The first-order valence-corrected chi connectivity index (χ1v) is 6.49. The Labute approximate surface area is 119 Å². The lowest BCUT2D eigenvalue weighted by Crippen LogP contribution is -2.13. The molecule has 0 amide bonds. The van der Waals surface area contributed by atoms with Crippen LogP contribution in [0.3, 0.4) is 0 Å². The Morgan fingerprint density at radius 1 is 1.05 bits per heavy atom. The van der Waals surface area contributed by atoms with Crippen LogP contribution in [0.5, 0.6) is 0 Å². The van der Waals surface area contributed by atoms with Gasteiger partial charge in [-0.15, -0.1) is 0 Å². The second-order valence-electron chi connectivity index (χ2n) is 4.81. The number of aryl methyl sites for hydroxylation is 1. The molecule has 0 spiro atoms. The minimum Gasteiger partial charge on any atom is -0.384 e. The second-order valence-corrected chi connectivity index (χ2v) is 4.81. The molecule has 102 valence electrons. The molecule has 0 fully saturated rings. The lowest BCUT2D eigenvalue weighted by molar-refractivity contribution is 0.891. The lowest BCUT2D eigenvalue weighted by Gasteiger charge is -2.10. The van der Waals surface area contributed by atoms with Gasteiger partial charge in [0.1, 0.15) is 5.84 Å². The van der Waals surface area contributed by atoms with Gasteiger partial charge in [-0.25, -0.2) is 0 Å². The molecule has 2 rings (SSSR count). The Balaban J connectivity index is 1.96. The largest absolute Gasteiger partial charge is 0.384 e. The van der Waals surface area contributed by atoms with Gasteiger partial charge < -0.3 is 11.1 Å². The number of benzene rings is 2. The molecule has 2 aromatic rings. The van der Waals surface area contributed by atoms with Crippen molar-refractivity contribution in [2.45, 2.75) is 13.5 Å². The molecule has 0 unspecified atom stereocenters. The second kappa shape index (κ2) is 6.06. The first kappa shape index (κ1) is 13.9. The third-order valence-corrected chi connectivity index (χ3v) is 3.17. The van der Waals surface area contributed by atoms with Gasteiger partial charge in [-0.05, 0) is 18.1 Å².